The number of nitrogen functional groups attached to an aromatic ring is 1. The summed E-state index contributed by atoms with van der Waals surface area (Å²) in [4.78, 5) is -0.157. The van der Waals surface area contributed by atoms with Gasteiger partial charge in [-0.05, 0) is 52.7 Å². The number of aryl methyl sites for hydroxylation is 1. The molecule has 0 aliphatic rings. The summed E-state index contributed by atoms with van der Waals surface area (Å²) in [6.07, 6.45) is 0. The van der Waals surface area contributed by atoms with Gasteiger partial charge in [0.05, 0.1) is 16.4 Å². The van der Waals surface area contributed by atoms with Crippen LogP contribution in [0.1, 0.15) is 5.56 Å². The van der Waals surface area contributed by atoms with Crippen LogP contribution in [0.25, 0.3) is 0 Å². The third kappa shape index (κ3) is 3.45. The first kappa shape index (κ1) is 16.4. The quantitative estimate of drug-likeness (QED) is 0.735. The summed E-state index contributed by atoms with van der Waals surface area (Å²) in [5.41, 5.74) is 6.92. The van der Waals surface area contributed by atoms with Crippen LogP contribution in [-0.2, 0) is 10.0 Å². The Bertz CT molecular complexity index is 790. The second-order valence-corrected chi connectivity index (χ2v) is 7.63. The molecule has 0 amide bonds. The number of nitrogens with two attached hydrogens (primary N) is 1. The molecule has 0 saturated carbocycles. The zero-order valence-electron chi connectivity index (χ0n) is 10.8. The third-order valence-corrected chi connectivity index (χ3v) is 5.73. The van der Waals surface area contributed by atoms with Crippen molar-refractivity contribution in [2.45, 2.75) is 11.8 Å². The lowest BCUT2D eigenvalue weighted by atomic mass is 10.2. The average molecular weight is 410 g/mol. The molecule has 21 heavy (non-hydrogen) atoms. The van der Waals surface area contributed by atoms with Crippen molar-refractivity contribution in [1.82, 2.24) is 0 Å². The highest BCUT2D eigenvalue weighted by atomic mass is 79.9. The molecule has 112 valence electrons. The monoisotopic (exact) mass is 408 g/mol. The molecule has 0 radical (unpaired) electrons. The van der Waals surface area contributed by atoms with Crippen molar-refractivity contribution in [3.63, 3.8) is 0 Å². The van der Waals surface area contributed by atoms with Gasteiger partial charge in [0.2, 0.25) is 0 Å². The number of anilines is 2. The molecule has 4 nitrogen and oxygen atoms in total. The van der Waals surface area contributed by atoms with Crippen molar-refractivity contribution >= 4 is 60.5 Å². The predicted octanol–water partition coefficient (Wildman–Crippen LogP) is 4.45. The van der Waals surface area contributed by atoms with Crippen LogP contribution in [0.2, 0.25) is 10.0 Å². The van der Waals surface area contributed by atoms with Crippen molar-refractivity contribution in [2.75, 3.05) is 10.5 Å². The molecule has 0 spiro atoms. The molecule has 2 aromatic rings. The maximum absolute atomic E-state index is 12.5. The first-order valence-corrected chi connectivity index (χ1v) is 8.78. The molecule has 0 atom stereocenters. The number of nitrogens with one attached hydrogen (secondary N) is 1. The van der Waals surface area contributed by atoms with E-state index in [2.05, 4.69) is 20.7 Å². The second-order valence-electron chi connectivity index (χ2n) is 4.34. The number of sulfonamides is 1. The standard InChI is InChI=1S/C13H11BrCl2N2O2S/c1-7-5-8(14)12(6-10(7)16)18-21(19,20)13-9(15)3-2-4-11(13)17/h2-6,18H,17H2,1H3. The van der Waals surface area contributed by atoms with E-state index in [4.69, 9.17) is 28.9 Å². The largest absolute Gasteiger partial charge is 0.398 e. The molecule has 0 bridgehead atoms. The van der Waals surface area contributed by atoms with Gasteiger partial charge in [-0.1, -0.05) is 29.3 Å². The molecule has 0 aromatic heterocycles. The van der Waals surface area contributed by atoms with E-state index in [0.717, 1.165) is 5.56 Å². The average Bonchev–Trinajstić information content (AvgIpc) is 2.35. The molecule has 2 rings (SSSR count). The lowest BCUT2D eigenvalue weighted by Crippen LogP contribution is -2.15. The molecule has 0 unspecified atom stereocenters. The number of halogens is 3. The first-order chi connectivity index (χ1) is 9.72. The van der Waals surface area contributed by atoms with Crippen LogP contribution >= 0.6 is 39.1 Å². The molecular formula is C13H11BrCl2N2O2S. The minimum absolute atomic E-state index is 0.0526. The van der Waals surface area contributed by atoms with Crippen molar-refractivity contribution in [1.29, 1.82) is 0 Å². The smallest absolute Gasteiger partial charge is 0.265 e. The van der Waals surface area contributed by atoms with Crippen LogP contribution in [0.15, 0.2) is 39.7 Å². The SMILES string of the molecule is Cc1cc(Br)c(NS(=O)(=O)c2c(N)cccc2Cl)cc1Cl. The Balaban J connectivity index is 2.50. The molecule has 8 heteroatoms. The van der Waals surface area contributed by atoms with Gasteiger partial charge >= 0.3 is 0 Å². The van der Waals surface area contributed by atoms with Gasteiger partial charge in [-0.25, -0.2) is 8.42 Å². The lowest BCUT2D eigenvalue weighted by molar-refractivity contribution is 0.601. The van der Waals surface area contributed by atoms with E-state index in [9.17, 15) is 8.42 Å². The number of hydrogen-bond acceptors (Lipinski definition) is 3. The highest BCUT2D eigenvalue weighted by Crippen LogP contribution is 2.33. The van der Waals surface area contributed by atoms with Gasteiger partial charge in [-0.3, -0.25) is 4.72 Å². The zero-order chi connectivity index (χ0) is 15.8. The van der Waals surface area contributed by atoms with E-state index >= 15 is 0 Å². The summed E-state index contributed by atoms with van der Waals surface area (Å²) in [5.74, 6) is 0. The van der Waals surface area contributed by atoms with E-state index in [1.165, 1.54) is 18.2 Å². The summed E-state index contributed by atoms with van der Waals surface area (Å²) in [7, 11) is -3.92. The van der Waals surface area contributed by atoms with E-state index in [1.807, 2.05) is 6.92 Å². The predicted molar refractivity (Wildman–Crippen MR) is 90.6 cm³/mol. The molecule has 0 saturated heterocycles. The van der Waals surface area contributed by atoms with E-state index < -0.39 is 10.0 Å². The Kier molecular flexibility index (Phi) is 4.72. The van der Waals surface area contributed by atoms with Gasteiger partial charge in [0.25, 0.3) is 10.0 Å². The fraction of sp³-hybridized carbons (Fsp3) is 0.0769. The minimum Gasteiger partial charge on any atom is -0.398 e. The maximum Gasteiger partial charge on any atom is 0.265 e. The van der Waals surface area contributed by atoms with E-state index in [1.54, 1.807) is 12.1 Å². The van der Waals surface area contributed by atoms with Gasteiger partial charge in [0, 0.05) is 9.50 Å². The van der Waals surface area contributed by atoms with Gasteiger partial charge in [-0.2, -0.15) is 0 Å². The maximum atomic E-state index is 12.5. The van der Waals surface area contributed by atoms with Gasteiger partial charge < -0.3 is 5.73 Å². The van der Waals surface area contributed by atoms with Gasteiger partial charge in [-0.15, -0.1) is 0 Å². The Hall–Kier alpha value is -0.950. The van der Waals surface area contributed by atoms with Crippen LogP contribution in [0, 0.1) is 6.92 Å². The van der Waals surface area contributed by atoms with Crippen molar-refractivity contribution in [3.8, 4) is 0 Å². The Morgan fingerprint density at radius 3 is 2.48 bits per heavy atom. The summed E-state index contributed by atoms with van der Waals surface area (Å²) in [6, 6.07) is 7.75. The minimum atomic E-state index is -3.92. The lowest BCUT2D eigenvalue weighted by Gasteiger charge is -2.13. The van der Waals surface area contributed by atoms with Crippen molar-refractivity contribution < 1.29 is 8.42 Å². The second kappa shape index (κ2) is 6.04. The summed E-state index contributed by atoms with van der Waals surface area (Å²) < 4.78 is 27.9. The van der Waals surface area contributed by atoms with Gasteiger partial charge in [0.15, 0.2) is 0 Å². The summed E-state index contributed by atoms with van der Waals surface area (Å²) >= 11 is 15.3. The van der Waals surface area contributed by atoms with Crippen LogP contribution in [-0.4, -0.2) is 8.42 Å². The highest BCUT2D eigenvalue weighted by molar-refractivity contribution is 9.10. The molecule has 3 N–H and O–H groups in total. The summed E-state index contributed by atoms with van der Waals surface area (Å²) in [6.45, 7) is 1.82. The molecule has 0 fully saturated rings. The van der Waals surface area contributed by atoms with E-state index in [0.29, 0.717) is 15.2 Å². The van der Waals surface area contributed by atoms with Crippen LogP contribution in [0.3, 0.4) is 0 Å². The van der Waals surface area contributed by atoms with E-state index in [-0.39, 0.29) is 15.6 Å². The first-order valence-electron chi connectivity index (χ1n) is 5.75. The third-order valence-electron chi connectivity index (χ3n) is 2.76. The van der Waals surface area contributed by atoms with Crippen molar-refractivity contribution in [3.05, 3.63) is 50.4 Å². The highest BCUT2D eigenvalue weighted by Gasteiger charge is 2.22. The van der Waals surface area contributed by atoms with Crippen LogP contribution in [0.5, 0.6) is 0 Å². The fourth-order valence-electron chi connectivity index (χ4n) is 1.73. The molecule has 0 aliphatic carbocycles. The van der Waals surface area contributed by atoms with Gasteiger partial charge in [0.1, 0.15) is 4.90 Å². The summed E-state index contributed by atoms with van der Waals surface area (Å²) in [5, 5.41) is 0.500. The normalized spacial score (nSPS) is 11.4. The molecule has 0 heterocycles. The topological polar surface area (TPSA) is 72.2 Å². The molecular weight excluding hydrogens is 399 g/mol. The van der Waals surface area contributed by atoms with Crippen LogP contribution < -0.4 is 10.5 Å². The zero-order valence-corrected chi connectivity index (χ0v) is 14.7. The Morgan fingerprint density at radius 1 is 1.19 bits per heavy atom. The fourth-order valence-corrected chi connectivity index (χ4v) is 4.33. The number of hydrogen-bond donors (Lipinski definition) is 2. The van der Waals surface area contributed by atoms with Crippen LogP contribution in [0.4, 0.5) is 11.4 Å². The molecule has 0 aliphatic heterocycles. The Labute approximate surface area is 141 Å². The number of benzene rings is 2. The van der Waals surface area contributed by atoms with Crippen molar-refractivity contribution in [2.24, 2.45) is 0 Å². The Morgan fingerprint density at radius 2 is 1.86 bits per heavy atom. The molecule has 2 aromatic carbocycles. The number of rotatable bonds is 3.